The minimum atomic E-state index is -0.823. The van der Waals surface area contributed by atoms with Gasteiger partial charge in [0.25, 0.3) is 0 Å². The van der Waals surface area contributed by atoms with Crippen molar-refractivity contribution < 1.29 is 14.6 Å². The SMILES string of the molecule is CCN(C(=O)CNCC1(O)CCOC1C)C1CC1. The van der Waals surface area contributed by atoms with Gasteiger partial charge < -0.3 is 20.1 Å². The molecule has 2 unspecified atom stereocenters. The summed E-state index contributed by atoms with van der Waals surface area (Å²) in [7, 11) is 0. The summed E-state index contributed by atoms with van der Waals surface area (Å²) in [5.41, 5.74) is -0.823. The first-order valence-electron chi connectivity index (χ1n) is 6.91. The fourth-order valence-corrected chi connectivity index (χ4v) is 2.51. The lowest BCUT2D eigenvalue weighted by atomic mass is 9.97. The molecular weight excluding hydrogens is 232 g/mol. The van der Waals surface area contributed by atoms with E-state index in [0.717, 1.165) is 19.4 Å². The summed E-state index contributed by atoms with van der Waals surface area (Å²) in [6.45, 7) is 5.97. The number of rotatable bonds is 6. The Bertz CT molecular complexity index is 307. The summed E-state index contributed by atoms with van der Waals surface area (Å²) in [5, 5.41) is 13.4. The predicted molar refractivity (Wildman–Crippen MR) is 68.3 cm³/mol. The van der Waals surface area contributed by atoms with E-state index < -0.39 is 5.60 Å². The molecule has 1 amide bonds. The van der Waals surface area contributed by atoms with E-state index in [4.69, 9.17) is 4.74 Å². The second kappa shape index (κ2) is 5.55. The topological polar surface area (TPSA) is 61.8 Å². The second-order valence-electron chi connectivity index (χ2n) is 5.38. The van der Waals surface area contributed by atoms with Crippen LogP contribution in [0.3, 0.4) is 0 Å². The van der Waals surface area contributed by atoms with Crippen LogP contribution in [0.25, 0.3) is 0 Å². The van der Waals surface area contributed by atoms with E-state index in [0.29, 0.717) is 32.2 Å². The molecule has 1 heterocycles. The number of likely N-dealkylation sites (N-methyl/N-ethyl adjacent to an activating group) is 1. The van der Waals surface area contributed by atoms with Gasteiger partial charge in [0.15, 0.2) is 0 Å². The van der Waals surface area contributed by atoms with Crippen molar-refractivity contribution >= 4 is 5.91 Å². The van der Waals surface area contributed by atoms with E-state index in [9.17, 15) is 9.90 Å². The van der Waals surface area contributed by atoms with Crippen molar-refractivity contribution in [3.05, 3.63) is 0 Å². The maximum absolute atomic E-state index is 12.0. The van der Waals surface area contributed by atoms with Gasteiger partial charge in [0.05, 0.1) is 12.6 Å². The Morgan fingerprint density at radius 1 is 1.56 bits per heavy atom. The van der Waals surface area contributed by atoms with Crippen molar-refractivity contribution in [3.8, 4) is 0 Å². The third-order valence-corrected chi connectivity index (χ3v) is 4.02. The molecule has 18 heavy (non-hydrogen) atoms. The Morgan fingerprint density at radius 3 is 2.78 bits per heavy atom. The fourth-order valence-electron chi connectivity index (χ4n) is 2.51. The molecule has 5 heteroatoms. The first-order valence-corrected chi connectivity index (χ1v) is 6.91. The summed E-state index contributed by atoms with van der Waals surface area (Å²) in [5.74, 6) is 0.134. The molecule has 2 atom stereocenters. The Kier molecular flexibility index (Phi) is 4.25. The minimum absolute atomic E-state index is 0.134. The van der Waals surface area contributed by atoms with Gasteiger partial charge >= 0.3 is 0 Å². The number of amides is 1. The Balaban J connectivity index is 1.72. The largest absolute Gasteiger partial charge is 0.386 e. The van der Waals surface area contributed by atoms with E-state index in [2.05, 4.69) is 5.32 Å². The number of hydrogen-bond acceptors (Lipinski definition) is 4. The van der Waals surface area contributed by atoms with Gasteiger partial charge in [-0.1, -0.05) is 0 Å². The van der Waals surface area contributed by atoms with Gasteiger partial charge in [-0.2, -0.15) is 0 Å². The second-order valence-corrected chi connectivity index (χ2v) is 5.38. The van der Waals surface area contributed by atoms with Crippen molar-refractivity contribution in [2.45, 2.75) is 50.9 Å². The van der Waals surface area contributed by atoms with Gasteiger partial charge in [-0.15, -0.1) is 0 Å². The number of ether oxygens (including phenoxy) is 1. The van der Waals surface area contributed by atoms with Crippen molar-refractivity contribution in [1.29, 1.82) is 0 Å². The van der Waals surface area contributed by atoms with E-state index in [1.165, 1.54) is 0 Å². The number of carbonyl (C=O) groups excluding carboxylic acids is 1. The van der Waals surface area contributed by atoms with E-state index >= 15 is 0 Å². The molecule has 5 nitrogen and oxygen atoms in total. The molecule has 0 radical (unpaired) electrons. The number of nitrogens with one attached hydrogen (secondary N) is 1. The van der Waals surface area contributed by atoms with Crippen LogP contribution >= 0.6 is 0 Å². The molecule has 2 fully saturated rings. The van der Waals surface area contributed by atoms with Gasteiger partial charge in [0.2, 0.25) is 5.91 Å². The molecule has 1 aliphatic carbocycles. The summed E-state index contributed by atoms with van der Waals surface area (Å²) in [6.07, 6.45) is 2.74. The monoisotopic (exact) mass is 256 g/mol. The third-order valence-electron chi connectivity index (χ3n) is 4.02. The maximum atomic E-state index is 12.0. The highest BCUT2D eigenvalue weighted by Crippen LogP contribution is 2.27. The molecule has 1 aliphatic heterocycles. The molecule has 0 spiro atoms. The van der Waals surface area contributed by atoms with E-state index in [-0.39, 0.29) is 12.0 Å². The lowest BCUT2D eigenvalue weighted by molar-refractivity contribution is -0.130. The van der Waals surface area contributed by atoms with Crippen molar-refractivity contribution in [2.24, 2.45) is 0 Å². The molecule has 0 aromatic heterocycles. The average molecular weight is 256 g/mol. The van der Waals surface area contributed by atoms with Crippen LogP contribution in [0.5, 0.6) is 0 Å². The molecular formula is C13H24N2O3. The van der Waals surface area contributed by atoms with Crippen molar-refractivity contribution in [1.82, 2.24) is 10.2 Å². The third kappa shape index (κ3) is 3.02. The number of nitrogens with zero attached hydrogens (tertiary/aromatic N) is 1. The Hall–Kier alpha value is -0.650. The van der Waals surface area contributed by atoms with Crippen molar-refractivity contribution in [2.75, 3.05) is 26.2 Å². The highest BCUT2D eigenvalue weighted by Gasteiger charge is 2.39. The molecule has 2 aliphatic rings. The Morgan fingerprint density at radius 2 is 2.28 bits per heavy atom. The van der Waals surface area contributed by atoms with Gasteiger partial charge in [0.1, 0.15) is 5.60 Å². The molecule has 2 rings (SSSR count). The lowest BCUT2D eigenvalue weighted by Gasteiger charge is -2.27. The number of hydrogen-bond donors (Lipinski definition) is 2. The zero-order valence-corrected chi connectivity index (χ0v) is 11.3. The first kappa shape index (κ1) is 13.8. The summed E-state index contributed by atoms with van der Waals surface area (Å²) in [4.78, 5) is 13.9. The smallest absolute Gasteiger partial charge is 0.236 e. The molecule has 1 saturated carbocycles. The highest BCUT2D eigenvalue weighted by atomic mass is 16.5. The zero-order chi connectivity index (χ0) is 13.2. The summed E-state index contributed by atoms with van der Waals surface area (Å²) < 4.78 is 5.36. The molecule has 0 aromatic carbocycles. The van der Waals surface area contributed by atoms with Crippen LogP contribution < -0.4 is 5.32 Å². The van der Waals surface area contributed by atoms with Crippen LogP contribution in [0.1, 0.15) is 33.1 Å². The lowest BCUT2D eigenvalue weighted by Crippen LogP contribution is -2.48. The van der Waals surface area contributed by atoms with Crippen LogP contribution in [-0.4, -0.2) is 59.9 Å². The highest BCUT2D eigenvalue weighted by molar-refractivity contribution is 5.78. The van der Waals surface area contributed by atoms with E-state index in [1.807, 2.05) is 18.7 Å². The average Bonchev–Trinajstić information content (AvgIpc) is 3.09. The van der Waals surface area contributed by atoms with Crippen LogP contribution in [0.2, 0.25) is 0 Å². The van der Waals surface area contributed by atoms with Crippen LogP contribution in [0.4, 0.5) is 0 Å². The summed E-state index contributed by atoms with van der Waals surface area (Å²) >= 11 is 0. The molecule has 2 N–H and O–H groups in total. The quantitative estimate of drug-likeness (QED) is 0.709. The molecule has 1 saturated heterocycles. The van der Waals surface area contributed by atoms with Gasteiger partial charge in [0, 0.05) is 32.2 Å². The van der Waals surface area contributed by atoms with Crippen LogP contribution in [0, 0.1) is 0 Å². The fraction of sp³-hybridized carbons (Fsp3) is 0.923. The van der Waals surface area contributed by atoms with Crippen LogP contribution in [0.15, 0.2) is 0 Å². The molecule has 0 bridgehead atoms. The number of carbonyl (C=O) groups is 1. The number of aliphatic hydroxyl groups is 1. The molecule has 104 valence electrons. The maximum Gasteiger partial charge on any atom is 0.236 e. The van der Waals surface area contributed by atoms with E-state index in [1.54, 1.807) is 0 Å². The Labute approximate surface area is 108 Å². The van der Waals surface area contributed by atoms with Crippen molar-refractivity contribution in [3.63, 3.8) is 0 Å². The normalized spacial score (nSPS) is 31.6. The van der Waals surface area contributed by atoms with Gasteiger partial charge in [-0.25, -0.2) is 0 Å². The first-order chi connectivity index (χ1) is 8.57. The predicted octanol–water partition coefficient (Wildman–Crippen LogP) is 0.127. The minimum Gasteiger partial charge on any atom is -0.386 e. The van der Waals surface area contributed by atoms with Gasteiger partial charge in [-0.05, 0) is 26.7 Å². The zero-order valence-electron chi connectivity index (χ0n) is 11.3. The van der Waals surface area contributed by atoms with Gasteiger partial charge in [-0.3, -0.25) is 4.79 Å². The van der Waals surface area contributed by atoms with Crippen LogP contribution in [-0.2, 0) is 9.53 Å². The molecule has 0 aromatic rings. The standard InChI is InChI=1S/C13H24N2O3/c1-3-15(11-4-5-11)12(16)8-14-9-13(17)6-7-18-10(13)2/h10-11,14,17H,3-9H2,1-2H3. The summed E-state index contributed by atoms with van der Waals surface area (Å²) in [6, 6.07) is 0.459.